The molecular weight excluding hydrogens is 264 g/mol. The number of pyridine rings is 1. The van der Waals surface area contributed by atoms with Gasteiger partial charge >= 0.3 is 0 Å². The topological polar surface area (TPSA) is 42.4 Å². The zero-order valence-electron chi connectivity index (χ0n) is 12.5. The summed E-state index contributed by atoms with van der Waals surface area (Å²) in [6.45, 7) is 5.82. The van der Waals surface area contributed by atoms with Crippen LogP contribution in [0, 0.1) is 0 Å². The number of anilines is 1. The third kappa shape index (κ3) is 2.27. The SMILES string of the molecule is CCc1ccc(N2C(=O)c3ccccc3OC2(C)C)nc1. The van der Waals surface area contributed by atoms with E-state index in [4.69, 9.17) is 4.74 Å². The maximum atomic E-state index is 12.8. The van der Waals surface area contributed by atoms with Crippen LogP contribution in [0.15, 0.2) is 42.6 Å². The number of ether oxygens (including phenoxy) is 1. The van der Waals surface area contributed by atoms with E-state index in [-0.39, 0.29) is 5.91 Å². The number of hydrogen-bond acceptors (Lipinski definition) is 3. The van der Waals surface area contributed by atoms with Gasteiger partial charge in [-0.25, -0.2) is 4.98 Å². The average molecular weight is 282 g/mol. The van der Waals surface area contributed by atoms with Gasteiger partial charge in [0.15, 0.2) is 5.72 Å². The van der Waals surface area contributed by atoms with E-state index < -0.39 is 5.72 Å². The third-order valence-electron chi connectivity index (χ3n) is 3.67. The van der Waals surface area contributed by atoms with Crippen LogP contribution in [0.3, 0.4) is 0 Å². The van der Waals surface area contributed by atoms with E-state index in [0.29, 0.717) is 17.1 Å². The van der Waals surface area contributed by atoms with Gasteiger partial charge in [-0.05, 0) is 44.0 Å². The highest BCUT2D eigenvalue weighted by Gasteiger charge is 2.41. The molecule has 1 amide bonds. The van der Waals surface area contributed by atoms with Crippen molar-refractivity contribution in [2.24, 2.45) is 0 Å². The van der Waals surface area contributed by atoms with Crippen LogP contribution in [0.5, 0.6) is 5.75 Å². The summed E-state index contributed by atoms with van der Waals surface area (Å²) in [6, 6.07) is 11.2. The number of nitrogens with zero attached hydrogens (tertiary/aromatic N) is 2. The largest absolute Gasteiger partial charge is 0.467 e. The number of aromatic nitrogens is 1. The first-order chi connectivity index (χ1) is 10.0. The van der Waals surface area contributed by atoms with Gasteiger partial charge in [0.1, 0.15) is 11.6 Å². The van der Waals surface area contributed by atoms with Gasteiger partial charge in [0.25, 0.3) is 5.91 Å². The summed E-state index contributed by atoms with van der Waals surface area (Å²) in [6.07, 6.45) is 2.73. The van der Waals surface area contributed by atoms with Crippen molar-refractivity contribution in [1.82, 2.24) is 4.98 Å². The molecule has 0 spiro atoms. The molecule has 4 nitrogen and oxygen atoms in total. The summed E-state index contributed by atoms with van der Waals surface area (Å²) in [7, 11) is 0. The van der Waals surface area contributed by atoms with E-state index in [2.05, 4.69) is 11.9 Å². The van der Waals surface area contributed by atoms with Gasteiger partial charge in [-0.1, -0.05) is 25.1 Å². The summed E-state index contributed by atoms with van der Waals surface area (Å²) in [4.78, 5) is 18.8. The number of para-hydroxylation sites is 1. The van der Waals surface area contributed by atoms with Crippen LogP contribution in [0.25, 0.3) is 0 Å². The number of carbonyl (C=O) groups excluding carboxylic acids is 1. The molecule has 0 atom stereocenters. The van der Waals surface area contributed by atoms with Gasteiger partial charge in [0.2, 0.25) is 0 Å². The van der Waals surface area contributed by atoms with Gasteiger partial charge in [-0.15, -0.1) is 0 Å². The van der Waals surface area contributed by atoms with E-state index in [1.54, 1.807) is 17.2 Å². The second-order valence-corrected chi connectivity index (χ2v) is 5.56. The molecule has 0 saturated heterocycles. The van der Waals surface area contributed by atoms with Crippen LogP contribution in [0.2, 0.25) is 0 Å². The number of benzene rings is 1. The van der Waals surface area contributed by atoms with Crippen LogP contribution >= 0.6 is 0 Å². The lowest BCUT2D eigenvalue weighted by molar-refractivity contribution is 0.0631. The molecule has 1 aliphatic rings. The van der Waals surface area contributed by atoms with Crippen LogP contribution < -0.4 is 9.64 Å². The fraction of sp³-hybridized carbons (Fsp3) is 0.294. The summed E-state index contributed by atoms with van der Waals surface area (Å²) >= 11 is 0. The molecule has 2 heterocycles. The molecule has 3 rings (SSSR count). The van der Waals surface area contributed by atoms with Crippen LogP contribution in [-0.2, 0) is 6.42 Å². The highest BCUT2D eigenvalue weighted by molar-refractivity contribution is 6.09. The molecule has 4 heteroatoms. The summed E-state index contributed by atoms with van der Waals surface area (Å²) in [5, 5.41) is 0. The van der Waals surface area contributed by atoms with Crippen molar-refractivity contribution < 1.29 is 9.53 Å². The molecule has 1 aliphatic heterocycles. The van der Waals surface area contributed by atoms with Crippen molar-refractivity contribution in [1.29, 1.82) is 0 Å². The van der Waals surface area contributed by atoms with Crippen molar-refractivity contribution in [2.45, 2.75) is 32.9 Å². The molecule has 0 bridgehead atoms. The van der Waals surface area contributed by atoms with Crippen molar-refractivity contribution >= 4 is 11.7 Å². The Labute approximate surface area is 124 Å². The van der Waals surface area contributed by atoms with E-state index >= 15 is 0 Å². The number of rotatable bonds is 2. The van der Waals surface area contributed by atoms with E-state index in [1.807, 2.05) is 44.2 Å². The Morgan fingerprint density at radius 1 is 1.19 bits per heavy atom. The normalized spacial score (nSPS) is 16.3. The number of aryl methyl sites for hydroxylation is 1. The molecule has 108 valence electrons. The molecule has 0 radical (unpaired) electrons. The predicted molar refractivity (Wildman–Crippen MR) is 81.6 cm³/mol. The second-order valence-electron chi connectivity index (χ2n) is 5.56. The number of fused-ring (bicyclic) bond motifs is 1. The molecule has 1 aromatic carbocycles. The van der Waals surface area contributed by atoms with E-state index in [9.17, 15) is 4.79 Å². The van der Waals surface area contributed by atoms with Crippen LogP contribution in [-0.4, -0.2) is 16.6 Å². The van der Waals surface area contributed by atoms with Crippen molar-refractivity contribution in [2.75, 3.05) is 4.90 Å². The first kappa shape index (κ1) is 13.6. The van der Waals surface area contributed by atoms with Crippen molar-refractivity contribution in [3.63, 3.8) is 0 Å². The molecule has 0 saturated carbocycles. The molecule has 1 aromatic heterocycles. The molecular formula is C17H18N2O2. The molecule has 0 N–H and O–H groups in total. The Morgan fingerprint density at radius 3 is 2.62 bits per heavy atom. The van der Waals surface area contributed by atoms with E-state index in [0.717, 1.165) is 12.0 Å². The Morgan fingerprint density at radius 2 is 1.95 bits per heavy atom. The average Bonchev–Trinajstić information content (AvgIpc) is 2.47. The Bertz CT molecular complexity index is 677. The van der Waals surface area contributed by atoms with Crippen molar-refractivity contribution in [3.8, 4) is 5.75 Å². The van der Waals surface area contributed by atoms with Gasteiger partial charge in [0, 0.05) is 6.20 Å². The summed E-state index contributed by atoms with van der Waals surface area (Å²) < 4.78 is 5.98. The molecule has 0 unspecified atom stereocenters. The first-order valence-electron chi connectivity index (χ1n) is 7.10. The molecule has 21 heavy (non-hydrogen) atoms. The van der Waals surface area contributed by atoms with Crippen LogP contribution in [0.4, 0.5) is 5.82 Å². The lowest BCUT2D eigenvalue weighted by Crippen LogP contribution is -2.55. The predicted octanol–water partition coefficient (Wildman–Crippen LogP) is 3.42. The van der Waals surface area contributed by atoms with Crippen molar-refractivity contribution in [3.05, 3.63) is 53.7 Å². The number of carbonyl (C=O) groups is 1. The molecule has 2 aromatic rings. The lowest BCUT2D eigenvalue weighted by atomic mass is 10.1. The van der Waals surface area contributed by atoms with Gasteiger partial charge in [-0.2, -0.15) is 0 Å². The first-order valence-corrected chi connectivity index (χ1v) is 7.10. The molecule has 0 fully saturated rings. The van der Waals surface area contributed by atoms with Gasteiger partial charge in [-0.3, -0.25) is 9.69 Å². The minimum atomic E-state index is -0.772. The summed E-state index contributed by atoms with van der Waals surface area (Å²) in [5.74, 6) is 1.14. The van der Waals surface area contributed by atoms with E-state index in [1.165, 1.54) is 0 Å². The minimum Gasteiger partial charge on any atom is -0.467 e. The maximum absolute atomic E-state index is 12.8. The highest BCUT2D eigenvalue weighted by atomic mass is 16.5. The zero-order valence-corrected chi connectivity index (χ0v) is 12.5. The molecule has 0 aliphatic carbocycles. The fourth-order valence-electron chi connectivity index (χ4n) is 2.55. The smallest absolute Gasteiger partial charge is 0.266 e. The number of amides is 1. The Hall–Kier alpha value is -2.36. The quantitative estimate of drug-likeness (QED) is 0.847. The maximum Gasteiger partial charge on any atom is 0.266 e. The third-order valence-corrected chi connectivity index (χ3v) is 3.67. The highest BCUT2D eigenvalue weighted by Crippen LogP contribution is 2.35. The standard InChI is InChI=1S/C17H18N2O2/c1-4-12-9-10-15(18-11-12)19-16(20)13-7-5-6-8-14(13)21-17(19,2)3/h5-11H,4H2,1-3H3. The fourth-order valence-corrected chi connectivity index (χ4v) is 2.55. The Balaban J connectivity index is 2.06. The lowest BCUT2D eigenvalue weighted by Gasteiger charge is -2.41. The number of hydrogen-bond donors (Lipinski definition) is 0. The van der Waals surface area contributed by atoms with Gasteiger partial charge in [0.05, 0.1) is 5.56 Å². The summed E-state index contributed by atoms with van der Waals surface area (Å²) in [5.41, 5.74) is 0.937. The monoisotopic (exact) mass is 282 g/mol. The zero-order chi connectivity index (χ0) is 15.0. The van der Waals surface area contributed by atoms with Crippen LogP contribution in [0.1, 0.15) is 36.7 Å². The Kier molecular flexibility index (Phi) is 3.16. The second kappa shape index (κ2) is 4.88. The van der Waals surface area contributed by atoms with Gasteiger partial charge < -0.3 is 4.74 Å². The minimum absolute atomic E-state index is 0.0846.